The first-order valence-corrected chi connectivity index (χ1v) is 10.8. The van der Waals surface area contributed by atoms with Crippen molar-refractivity contribution < 1.29 is 23.7 Å². The highest BCUT2D eigenvalue weighted by Crippen LogP contribution is 2.37. The van der Waals surface area contributed by atoms with Crippen LogP contribution in [0.1, 0.15) is 37.7 Å². The molecule has 0 saturated carbocycles. The topological polar surface area (TPSA) is 69.3 Å². The number of carbonyl (C=O) groups excluding carboxylic acids is 1. The van der Waals surface area contributed by atoms with Crippen LogP contribution in [0.25, 0.3) is 0 Å². The number of nitrogens with zero attached hydrogens (tertiary/aromatic N) is 1. The summed E-state index contributed by atoms with van der Waals surface area (Å²) in [6.07, 6.45) is 4.66. The van der Waals surface area contributed by atoms with Crippen molar-refractivity contribution in [1.29, 1.82) is 0 Å². The quantitative estimate of drug-likeness (QED) is 0.785. The molecule has 1 aromatic carbocycles. The summed E-state index contributed by atoms with van der Waals surface area (Å²) in [5.74, 6) is 3.01. The van der Waals surface area contributed by atoms with E-state index in [0.29, 0.717) is 25.7 Å². The van der Waals surface area contributed by atoms with Crippen molar-refractivity contribution in [2.45, 2.75) is 44.8 Å². The highest BCUT2D eigenvalue weighted by Gasteiger charge is 2.26. The Hall–Kier alpha value is -1.99. The Kier molecular flexibility index (Phi) is 6.77. The predicted molar refractivity (Wildman–Crippen MR) is 109 cm³/mol. The number of rotatable bonds is 6. The zero-order valence-electron chi connectivity index (χ0n) is 17.3. The average Bonchev–Trinajstić information content (AvgIpc) is 3.19. The van der Waals surface area contributed by atoms with E-state index < -0.39 is 0 Å². The minimum atomic E-state index is -0.234. The first-order valence-electron chi connectivity index (χ1n) is 10.8. The summed E-state index contributed by atoms with van der Waals surface area (Å²) in [4.78, 5) is 14.6. The summed E-state index contributed by atoms with van der Waals surface area (Å²) >= 11 is 0. The fraction of sp³-hybridized carbons (Fsp3) is 0.682. The lowest BCUT2D eigenvalue weighted by Crippen LogP contribution is -2.41. The summed E-state index contributed by atoms with van der Waals surface area (Å²) in [6, 6.07) is 4.01. The normalized spacial score (nSPS) is 22.9. The molecule has 0 aromatic heterocycles. The Morgan fingerprint density at radius 2 is 1.86 bits per heavy atom. The molecule has 7 nitrogen and oxygen atoms in total. The Balaban J connectivity index is 1.28. The van der Waals surface area contributed by atoms with Crippen LogP contribution in [0.2, 0.25) is 0 Å². The van der Waals surface area contributed by atoms with Gasteiger partial charge in [0.15, 0.2) is 11.5 Å². The van der Waals surface area contributed by atoms with Crippen molar-refractivity contribution in [2.75, 3.05) is 46.6 Å². The molecular formula is C22H32N2O5. The van der Waals surface area contributed by atoms with Crippen molar-refractivity contribution in [3.05, 3.63) is 17.7 Å². The molecule has 0 aliphatic carbocycles. The van der Waals surface area contributed by atoms with E-state index >= 15 is 0 Å². The Morgan fingerprint density at radius 3 is 2.55 bits per heavy atom. The van der Waals surface area contributed by atoms with Gasteiger partial charge in [0.2, 0.25) is 5.91 Å². The molecule has 1 atom stereocenters. The van der Waals surface area contributed by atoms with Crippen LogP contribution >= 0.6 is 0 Å². The molecule has 1 amide bonds. The van der Waals surface area contributed by atoms with Crippen LogP contribution in [0, 0.1) is 5.92 Å². The van der Waals surface area contributed by atoms with Gasteiger partial charge in [-0.05, 0) is 50.8 Å². The number of likely N-dealkylation sites (tertiary alicyclic amines) is 1. The molecule has 0 spiro atoms. The highest BCUT2D eigenvalue weighted by atomic mass is 16.5. The molecule has 1 N–H and O–H groups in total. The van der Waals surface area contributed by atoms with Crippen molar-refractivity contribution in [3.8, 4) is 17.2 Å². The first kappa shape index (κ1) is 20.3. The molecule has 3 aliphatic rings. The summed E-state index contributed by atoms with van der Waals surface area (Å²) in [6.45, 7) is 5.67. The van der Waals surface area contributed by atoms with Crippen molar-refractivity contribution >= 4 is 5.91 Å². The lowest BCUT2D eigenvalue weighted by atomic mass is 9.96. The van der Waals surface area contributed by atoms with Crippen LogP contribution in [0.3, 0.4) is 0 Å². The molecule has 160 valence electrons. The fourth-order valence-electron chi connectivity index (χ4n) is 4.28. The third-order valence-corrected chi connectivity index (χ3v) is 6.04. The first-order chi connectivity index (χ1) is 14.2. The average molecular weight is 405 g/mol. The Labute approximate surface area is 172 Å². The van der Waals surface area contributed by atoms with Crippen LogP contribution in [-0.2, 0) is 16.1 Å². The number of carbonyl (C=O) groups is 1. The van der Waals surface area contributed by atoms with Crippen LogP contribution in [-0.4, -0.2) is 63.5 Å². The number of hydrogen-bond donors (Lipinski definition) is 1. The minimum Gasteiger partial charge on any atom is -0.496 e. The number of nitrogens with one attached hydrogen (secondary N) is 1. The van der Waals surface area contributed by atoms with Crippen molar-refractivity contribution in [2.24, 2.45) is 5.92 Å². The fourth-order valence-corrected chi connectivity index (χ4v) is 4.28. The minimum absolute atomic E-state index is 0.0573. The van der Waals surface area contributed by atoms with E-state index in [0.717, 1.165) is 81.1 Å². The van der Waals surface area contributed by atoms with Gasteiger partial charge in [0.1, 0.15) is 11.9 Å². The predicted octanol–water partition coefficient (Wildman–Crippen LogP) is 2.36. The lowest BCUT2D eigenvalue weighted by molar-refractivity contribution is -0.130. The molecule has 2 saturated heterocycles. The van der Waals surface area contributed by atoms with Gasteiger partial charge in [-0.2, -0.15) is 0 Å². The number of hydrogen-bond acceptors (Lipinski definition) is 6. The molecule has 1 aromatic rings. The van der Waals surface area contributed by atoms with E-state index in [2.05, 4.69) is 16.3 Å². The second-order valence-corrected chi connectivity index (χ2v) is 8.13. The van der Waals surface area contributed by atoms with Gasteiger partial charge < -0.3 is 24.3 Å². The van der Waals surface area contributed by atoms with Gasteiger partial charge in [0, 0.05) is 37.7 Å². The third kappa shape index (κ3) is 5.14. The SMILES string of the molecule is COc1cc2c(cc1CN1CCC(CNC(=O)[C@@H]3CCCO3)CC1)OCCCO2. The number of amides is 1. The largest absolute Gasteiger partial charge is 0.496 e. The van der Waals surface area contributed by atoms with Crippen LogP contribution in [0.15, 0.2) is 12.1 Å². The van der Waals surface area contributed by atoms with E-state index in [1.807, 2.05) is 6.07 Å². The number of benzene rings is 1. The van der Waals surface area contributed by atoms with Gasteiger partial charge >= 0.3 is 0 Å². The van der Waals surface area contributed by atoms with Crippen LogP contribution < -0.4 is 19.5 Å². The van der Waals surface area contributed by atoms with Gasteiger partial charge in [-0.1, -0.05) is 0 Å². The van der Waals surface area contributed by atoms with Crippen LogP contribution in [0.5, 0.6) is 17.2 Å². The monoisotopic (exact) mass is 404 g/mol. The maximum Gasteiger partial charge on any atom is 0.249 e. The summed E-state index contributed by atoms with van der Waals surface area (Å²) in [5, 5.41) is 3.08. The number of ether oxygens (including phenoxy) is 4. The highest BCUT2D eigenvalue weighted by molar-refractivity contribution is 5.80. The molecule has 29 heavy (non-hydrogen) atoms. The maximum absolute atomic E-state index is 12.1. The molecule has 7 heteroatoms. The standard InChI is InChI=1S/C22H32N2O5/c1-26-19-13-21-20(28-10-3-11-29-21)12-17(19)15-24-7-5-16(6-8-24)14-23-22(25)18-4-2-9-27-18/h12-13,16,18H,2-11,14-15H2,1H3,(H,23,25)/t18-/m0/s1. The molecule has 3 aliphatic heterocycles. The van der Waals surface area contributed by atoms with E-state index in [1.165, 1.54) is 0 Å². The van der Waals surface area contributed by atoms with Crippen molar-refractivity contribution in [1.82, 2.24) is 10.2 Å². The Morgan fingerprint density at radius 1 is 1.10 bits per heavy atom. The number of piperidine rings is 1. The third-order valence-electron chi connectivity index (χ3n) is 6.04. The summed E-state index contributed by atoms with van der Waals surface area (Å²) < 4.78 is 22.7. The lowest BCUT2D eigenvalue weighted by Gasteiger charge is -2.32. The van der Waals surface area contributed by atoms with E-state index in [4.69, 9.17) is 18.9 Å². The number of fused-ring (bicyclic) bond motifs is 1. The van der Waals surface area contributed by atoms with Crippen molar-refractivity contribution in [3.63, 3.8) is 0 Å². The molecule has 3 heterocycles. The van der Waals surface area contributed by atoms with Gasteiger partial charge in [-0.25, -0.2) is 0 Å². The van der Waals surface area contributed by atoms with Crippen LogP contribution in [0.4, 0.5) is 0 Å². The molecule has 0 bridgehead atoms. The molecule has 0 unspecified atom stereocenters. The molecule has 0 radical (unpaired) electrons. The number of methoxy groups -OCH3 is 1. The van der Waals surface area contributed by atoms with E-state index in [9.17, 15) is 4.79 Å². The van der Waals surface area contributed by atoms with E-state index in [1.54, 1.807) is 7.11 Å². The van der Waals surface area contributed by atoms with Gasteiger partial charge in [-0.15, -0.1) is 0 Å². The van der Waals surface area contributed by atoms with Gasteiger partial charge in [-0.3, -0.25) is 9.69 Å². The molecule has 2 fully saturated rings. The summed E-state index contributed by atoms with van der Waals surface area (Å²) in [7, 11) is 1.70. The maximum atomic E-state index is 12.1. The summed E-state index contributed by atoms with van der Waals surface area (Å²) in [5.41, 5.74) is 1.13. The second-order valence-electron chi connectivity index (χ2n) is 8.13. The van der Waals surface area contributed by atoms with Gasteiger partial charge in [0.05, 0.1) is 20.3 Å². The zero-order chi connectivity index (χ0) is 20.1. The smallest absolute Gasteiger partial charge is 0.249 e. The van der Waals surface area contributed by atoms with E-state index in [-0.39, 0.29) is 12.0 Å². The zero-order valence-corrected chi connectivity index (χ0v) is 17.3. The molecular weight excluding hydrogens is 372 g/mol. The molecule has 4 rings (SSSR count). The van der Waals surface area contributed by atoms with Gasteiger partial charge in [0.25, 0.3) is 0 Å². The second kappa shape index (κ2) is 9.67. The Bertz CT molecular complexity index is 697.